The Hall–Kier alpha value is -2.78. The third-order valence-electron chi connectivity index (χ3n) is 2.77. The van der Waals surface area contributed by atoms with Crippen LogP contribution in [0.3, 0.4) is 0 Å². The van der Waals surface area contributed by atoms with Crippen LogP contribution in [0.2, 0.25) is 0 Å². The van der Waals surface area contributed by atoms with Gasteiger partial charge in [0.2, 0.25) is 10.0 Å². The van der Waals surface area contributed by atoms with Crippen LogP contribution >= 0.6 is 0 Å². The summed E-state index contributed by atoms with van der Waals surface area (Å²) in [6.45, 7) is 0. The van der Waals surface area contributed by atoms with Crippen molar-refractivity contribution in [1.82, 2.24) is 0 Å². The summed E-state index contributed by atoms with van der Waals surface area (Å²) < 4.78 is 35.6. The molecule has 0 aliphatic carbocycles. The maximum Gasteiger partial charge on any atom is 0.314 e. The number of hydrogen-bond donors (Lipinski definition) is 3. The highest BCUT2D eigenvalue weighted by Gasteiger charge is 2.16. The predicted molar refractivity (Wildman–Crippen MR) is 81.5 cm³/mol. The van der Waals surface area contributed by atoms with Crippen LogP contribution in [0, 0.1) is 5.82 Å². The lowest BCUT2D eigenvalue weighted by Crippen LogP contribution is -2.29. The van der Waals surface area contributed by atoms with Gasteiger partial charge in [-0.3, -0.25) is 9.59 Å². The maximum absolute atomic E-state index is 13.4. The van der Waals surface area contributed by atoms with Gasteiger partial charge in [0.25, 0.3) is 0 Å². The number of amides is 2. The Bertz CT molecular complexity index is 851. The van der Waals surface area contributed by atoms with Crippen molar-refractivity contribution in [1.29, 1.82) is 0 Å². The Labute approximate surface area is 131 Å². The summed E-state index contributed by atoms with van der Waals surface area (Å²) in [5.74, 6) is -2.77. The van der Waals surface area contributed by atoms with Gasteiger partial charge in [-0.15, -0.1) is 0 Å². The molecule has 7 nitrogen and oxygen atoms in total. The molecular formula is C14H12FN3O4S. The summed E-state index contributed by atoms with van der Waals surface area (Å²) >= 11 is 0. The molecule has 0 radical (unpaired) electrons. The third kappa shape index (κ3) is 4.34. The van der Waals surface area contributed by atoms with Crippen molar-refractivity contribution in [3.63, 3.8) is 0 Å². The number of anilines is 2. The zero-order valence-corrected chi connectivity index (χ0v) is 12.4. The second-order valence-corrected chi connectivity index (χ2v) is 6.02. The largest absolute Gasteiger partial charge is 0.318 e. The number of carbonyl (C=O) groups is 2. The molecule has 0 saturated carbocycles. The van der Waals surface area contributed by atoms with Crippen molar-refractivity contribution in [3.8, 4) is 0 Å². The van der Waals surface area contributed by atoms with Crippen LogP contribution in [0.25, 0.3) is 0 Å². The fourth-order valence-corrected chi connectivity index (χ4v) is 2.17. The first-order chi connectivity index (χ1) is 10.8. The molecule has 23 heavy (non-hydrogen) atoms. The molecule has 0 bridgehead atoms. The SMILES string of the molecule is NS(=O)(=O)c1ccc(NC(=O)C(=O)Nc2ccccc2F)cc1. The van der Waals surface area contributed by atoms with Gasteiger partial charge in [0.1, 0.15) is 5.82 Å². The van der Waals surface area contributed by atoms with E-state index in [2.05, 4.69) is 10.6 Å². The molecule has 2 amide bonds. The standard InChI is InChI=1S/C14H12FN3O4S/c15-11-3-1-2-4-12(11)18-14(20)13(19)17-9-5-7-10(8-6-9)23(16,21)22/h1-8H,(H,17,19)(H,18,20)(H2,16,21,22). The highest BCUT2D eigenvalue weighted by atomic mass is 32.2. The van der Waals surface area contributed by atoms with Gasteiger partial charge in [-0.05, 0) is 36.4 Å². The molecule has 0 aliphatic rings. The van der Waals surface area contributed by atoms with Gasteiger partial charge in [0, 0.05) is 5.69 Å². The van der Waals surface area contributed by atoms with E-state index in [9.17, 15) is 22.4 Å². The summed E-state index contributed by atoms with van der Waals surface area (Å²) in [4.78, 5) is 23.3. The lowest BCUT2D eigenvalue weighted by molar-refractivity contribution is -0.133. The van der Waals surface area contributed by atoms with E-state index in [1.165, 1.54) is 42.5 Å². The number of halogens is 1. The van der Waals surface area contributed by atoms with Crippen molar-refractivity contribution < 1.29 is 22.4 Å². The van der Waals surface area contributed by atoms with Gasteiger partial charge in [-0.25, -0.2) is 17.9 Å². The van der Waals surface area contributed by atoms with Crippen LogP contribution in [0.5, 0.6) is 0 Å². The topological polar surface area (TPSA) is 118 Å². The van der Waals surface area contributed by atoms with E-state index in [1.54, 1.807) is 0 Å². The Morgan fingerprint density at radius 3 is 2.04 bits per heavy atom. The number of para-hydroxylation sites is 1. The number of carbonyl (C=O) groups excluding carboxylic acids is 2. The third-order valence-corrected chi connectivity index (χ3v) is 3.70. The first-order valence-electron chi connectivity index (χ1n) is 6.27. The molecule has 0 fully saturated rings. The molecule has 2 rings (SSSR count). The van der Waals surface area contributed by atoms with E-state index < -0.39 is 27.7 Å². The molecule has 0 aliphatic heterocycles. The lowest BCUT2D eigenvalue weighted by Gasteiger charge is -2.07. The van der Waals surface area contributed by atoms with E-state index in [0.717, 1.165) is 6.07 Å². The highest BCUT2D eigenvalue weighted by Crippen LogP contribution is 2.14. The summed E-state index contributed by atoms with van der Waals surface area (Å²) in [5.41, 5.74) is 0.0586. The van der Waals surface area contributed by atoms with Crippen molar-refractivity contribution in [3.05, 3.63) is 54.3 Å². The average Bonchev–Trinajstić information content (AvgIpc) is 2.49. The van der Waals surface area contributed by atoms with Crippen LogP contribution in [-0.2, 0) is 19.6 Å². The summed E-state index contributed by atoms with van der Waals surface area (Å²) in [5, 5.41) is 9.32. The molecule has 4 N–H and O–H groups in total. The van der Waals surface area contributed by atoms with Crippen molar-refractivity contribution >= 4 is 33.2 Å². The minimum absolute atomic E-state index is 0.128. The van der Waals surface area contributed by atoms with Crippen LogP contribution in [0.15, 0.2) is 53.4 Å². The molecule has 2 aromatic rings. The Morgan fingerprint density at radius 2 is 1.48 bits per heavy atom. The smallest absolute Gasteiger partial charge is 0.314 e. The van der Waals surface area contributed by atoms with Crippen LogP contribution in [-0.4, -0.2) is 20.2 Å². The molecule has 0 saturated heterocycles. The summed E-state index contributed by atoms with van der Waals surface area (Å²) in [7, 11) is -3.84. The van der Waals surface area contributed by atoms with Gasteiger partial charge in [0.05, 0.1) is 10.6 Å². The second-order valence-electron chi connectivity index (χ2n) is 4.46. The molecular weight excluding hydrogens is 325 g/mol. The van der Waals surface area contributed by atoms with Gasteiger partial charge >= 0.3 is 11.8 Å². The van der Waals surface area contributed by atoms with E-state index in [-0.39, 0.29) is 16.3 Å². The maximum atomic E-state index is 13.4. The number of benzene rings is 2. The lowest BCUT2D eigenvalue weighted by atomic mass is 10.3. The number of primary sulfonamides is 1. The molecule has 0 unspecified atom stereocenters. The minimum Gasteiger partial charge on any atom is -0.318 e. The van der Waals surface area contributed by atoms with Gasteiger partial charge in [-0.2, -0.15) is 0 Å². The monoisotopic (exact) mass is 337 g/mol. The second kappa shape index (κ2) is 6.55. The Balaban J connectivity index is 2.04. The molecule has 120 valence electrons. The predicted octanol–water partition coefficient (Wildman–Crippen LogP) is 1.05. The van der Waals surface area contributed by atoms with E-state index in [4.69, 9.17) is 5.14 Å². The van der Waals surface area contributed by atoms with Crippen LogP contribution in [0.4, 0.5) is 15.8 Å². The molecule has 0 spiro atoms. The van der Waals surface area contributed by atoms with Gasteiger partial charge < -0.3 is 10.6 Å². The molecule has 0 heterocycles. The zero-order valence-electron chi connectivity index (χ0n) is 11.6. The summed E-state index contributed by atoms with van der Waals surface area (Å²) in [6.07, 6.45) is 0. The molecule has 0 aromatic heterocycles. The van der Waals surface area contributed by atoms with E-state index in [0.29, 0.717) is 0 Å². The molecule has 2 aromatic carbocycles. The zero-order chi connectivity index (χ0) is 17.0. The summed E-state index contributed by atoms with van der Waals surface area (Å²) in [6, 6.07) is 10.3. The first kappa shape index (κ1) is 16.6. The Kier molecular flexibility index (Phi) is 4.72. The number of nitrogens with two attached hydrogens (primary N) is 1. The van der Waals surface area contributed by atoms with Crippen molar-refractivity contribution in [2.24, 2.45) is 5.14 Å². The number of rotatable bonds is 3. The number of nitrogens with one attached hydrogen (secondary N) is 2. The highest BCUT2D eigenvalue weighted by molar-refractivity contribution is 7.89. The fourth-order valence-electron chi connectivity index (χ4n) is 1.66. The van der Waals surface area contributed by atoms with Crippen molar-refractivity contribution in [2.75, 3.05) is 10.6 Å². The minimum atomic E-state index is -3.84. The van der Waals surface area contributed by atoms with Crippen molar-refractivity contribution in [2.45, 2.75) is 4.90 Å². The average molecular weight is 337 g/mol. The van der Waals surface area contributed by atoms with Crippen LogP contribution in [0.1, 0.15) is 0 Å². The molecule has 0 atom stereocenters. The molecule has 9 heteroatoms. The van der Waals surface area contributed by atoms with Crippen LogP contribution < -0.4 is 15.8 Å². The van der Waals surface area contributed by atoms with Gasteiger partial charge in [0.15, 0.2) is 0 Å². The van der Waals surface area contributed by atoms with E-state index >= 15 is 0 Å². The number of sulfonamides is 1. The fraction of sp³-hybridized carbons (Fsp3) is 0. The Morgan fingerprint density at radius 1 is 0.913 bits per heavy atom. The first-order valence-corrected chi connectivity index (χ1v) is 7.82. The quantitative estimate of drug-likeness (QED) is 0.725. The van der Waals surface area contributed by atoms with E-state index in [1.807, 2.05) is 0 Å². The number of hydrogen-bond acceptors (Lipinski definition) is 4. The normalized spacial score (nSPS) is 10.9. The van der Waals surface area contributed by atoms with Gasteiger partial charge in [-0.1, -0.05) is 12.1 Å².